The smallest absolute Gasteiger partial charge is 0.144 e. The Morgan fingerprint density at radius 3 is 3.05 bits per heavy atom. The first-order valence-electron chi connectivity index (χ1n) is 7.10. The Hall–Kier alpha value is -2.54. The normalized spacial score (nSPS) is 12.6. The van der Waals surface area contributed by atoms with Gasteiger partial charge in [0.15, 0.2) is 0 Å². The largest absolute Gasteiger partial charge is 0.497 e. The Morgan fingerprint density at radius 1 is 1.33 bits per heavy atom. The van der Waals surface area contributed by atoms with Gasteiger partial charge in [0.25, 0.3) is 0 Å². The summed E-state index contributed by atoms with van der Waals surface area (Å²) in [6.07, 6.45) is 3.18. The average molecular weight is 279 g/mol. The highest BCUT2D eigenvalue weighted by atomic mass is 16.5. The Labute approximate surface area is 124 Å². The molecule has 4 nitrogen and oxygen atoms in total. The van der Waals surface area contributed by atoms with E-state index in [1.54, 1.807) is 7.11 Å². The van der Waals surface area contributed by atoms with E-state index in [0.29, 0.717) is 17.9 Å². The minimum absolute atomic E-state index is 0.623. The molecule has 1 aromatic carbocycles. The van der Waals surface area contributed by atoms with Crippen molar-refractivity contribution in [2.75, 3.05) is 12.4 Å². The van der Waals surface area contributed by atoms with Crippen molar-refractivity contribution in [3.8, 4) is 11.8 Å². The van der Waals surface area contributed by atoms with Gasteiger partial charge < -0.3 is 10.1 Å². The minimum Gasteiger partial charge on any atom is -0.497 e. The fourth-order valence-electron chi connectivity index (χ4n) is 2.66. The van der Waals surface area contributed by atoms with E-state index in [-0.39, 0.29) is 0 Å². The van der Waals surface area contributed by atoms with Crippen molar-refractivity contribution in [3.05, 3.63) is 52.7 Å². The molecule has 0 radical (unpaired) electrons. The zero-order valence-electron chi connectivity index (χ0n) is 12.0. The quantitative estimate of drug-likeness (QED) is 0.934. The van der Waals surface area contributed by atoms with Crippen molar-refractivity contribution in [2.45, 2.75) is 25.8 Å². The number of nitriles is 1. The third-order valence-corrected chi connectivity index (χ3v) is 3.77. The lowest BCUT2D eigenvalue weighted by atomic mass is 10.1. The summed E-state index contributed by atoms with van der Waals surface area (Å²) < 4.78 is 5.22. The second-order valence-corrected chi connectivity index (χ2v) is 5.16. The molecule has 0 bridgehead atoms. The van der Waals surface area contributed by atoms with Crippen LogP contribution in [0.4, 0.5) is 5.82 Å². The van der Waals surface area contributed by atoms with Crippen molar-refractivity contribution in [2.24, 2.45) is 0 Å². The Balaban J connectivity index is 1.80. The van der Waals surface area contributed by atoms with E-state index in [4.69, 9.17) is 4.74 Å². The summed E-state index contributed by atoms with van der Waals surface area (Å²) in [5, 5.41) is 12.6. The second-order valence-electron chi connectivity index (χ2n) is 5.16. The molecule has 1 aromatic heterocycles. The molecule has 0 amide bonds. The number of hydrogen-bond acceptors (Lipinski definition) is 4. The van der Waals surface area contributed by atoms with E-state index in [0.717, 1.165) is 36.3 Å². The number of hydrogen-bond donors (Lipinski definition) is 1. The highest BCUT2D eigenvalue weighted by Gasteiger charge is 2.16. The molecule has 1 aliphatic rings. The molecule has 3 rings (SSSR count). The Kier molecular flexibility index (Phi) is 3.74. The van der Waals surface area contributed by atoms with Gasteiger partial charge in [0.2, 0.25) is 0 Å². The number of ether oxygens (including phenoxy) is 1. The Morgan fingerprint density at radius 2 is 2.24 bits per heavy atom. The summed E-state index contributed by atoms with van der Waals surface area (Å²) in [5.74, 6) is 1.51. The van der Waals surface area contributed by atoms with Crippen LogP contribution in [-0.4, -0.2) is 12.1 Å². The van der Waals surface area contributed by atoms with Gasteiger partial charge in [-0.2, -0.15) is 5.26 Å². The summed E-state index contributed by atoms with van der Waals surface area (Å²) in [4.78, 5) is 4.62. The van der Waals surface area contributed by atoms with Gasteiger partial charge in [-0.3, -0.25) is 0 Å². The van der Waals surface area contributed by atoms with Crippen LogP contribution in [0.25, 0.3) is 0 Å². The molecule has 0 fully saturated rings. The molecular weight excluding hydrogens is 262 g/mol. The van der Waals surface area contributed by atoms with Crippen LogP contribution in [-0.2, 0) is 19.4 Å². The maximum Gasteiger partial charge on any atom is 0.144 e. The number of nitrogens with zero attached hydrogens (tertiary/aromatic N) is 2. The molecule has 2 aromatic rings. The first kappa shape index (κ1) is 13.4. The molecule has 0 unspecified atom stereocenters. The molecule has 4 heteroatoms. The van der Waals surface area contributed by atoms with E-state index in [1.165, 1.54) is 5.56 Å². The lowest BCUT2D eigenvalue weighted by molar-refractivity contribution is 0.414. The molecule has 0 saturated heterocycles. The van der Waals surface area contributed by atoms with E-state index in [1.807, 2.05) is 30.3 Å². The zero-order valence-corrected chi connectivity index (χ0v) is 12.0. The Bertz CT molecular complexity index is 704. The number of rotatable bonds is 4. The molecule has 0 aliphatic heterocycles. The number of benzene rings is 1. The maximum atomic E-state index is 9.28. The predicted octanol–water partition coefficient (Wildman–Crippen LogP) is 3.06. The zero-order chi connectivity index (χ0) is 14.7. The average Bonchev–Trinajstić information content (AvgIpc) is 2.99. The summed E-state index contributed by atoms with van der Waals surface area (Å²) in [7, 11) is 1.66. The van der Waals surface area contributed by atoms with Crippen molar-refractivity contribution in [3.63, 3.8) is 0 Å². The van der Waals surface area contributed by atoms with Gasteiger partial charge in [0, 0.05) is 12.2 Å². The van der Waals surface area contributed by atoms with Gasteiger partial charge in [-0.1, -0.05) is 12.1 Å². The number of methoxy groups -OCH3 is 1. The molecule has 0 saturated carbocycles. The highest BCUT2D eigenvalue weighted by Crippen LogP contribution is 2.25. The molecule has 106 valence electrons. The van der Waals surface area contributed by atoms with E-state index >= 15 is 0 Å². The van der Waals surface area contributed by atoms with Gasteiger partial charge in [0.05, 0.1) is 12.7 Å². The fraction of sp³-hybridized carbons (Fsp3) is 0.294. The summed E-state index contributed by atoms with van der Waals surface area (Å²) in [6, 6.07) is 12.1. The topological polar surface area (TPSA) is 57.9 Å². The van der Waals surface area contributed by atoms with Crippen molar-refractivity contribution in [1.82, 2.24) is 4.98 Å². The monoisotopic (exact) mass is 279 g/mol. The fourth-order valence-corrected chi connectivity index (χ4v) is 2.66. The van der Waals surface area contributed by atoms with Gasteiger partial charge >= 0.3 is 0 Å². The van der Waals surface area contributed by atoms with Gasteiger partial charge in [0.1, 0.15) is 17.6 Å². The van der Waals surface area contributed by atoms with Crippen molar-refractivity contribution >= 4 is 5.82 Å². The van der Waals surface area contributed by atoms with Crippen LogP contribution < -0.4 is 10.1 Å². The highest BCUT2D eigenvalue weighted by molar-refractivity contribution is 5.55. The molecule has 0 atom stereocenters. The minimum atomic E-state index is 0.623. The lowest BCUT2D eigenvalue weighted by Crippen LogP contribution is -2.05. The van der Waals surface area contributed by atoms with Crippen molar-refractivity contribution in [1.29, 1.82) is 5.26 Å². The van der Waals surface area contributed by atoms with E-state index in [9.17, 15) is 5.26 Å². The molecule has 1 N–H and O–H groups in total. The third kappa shape index (κ3) is 2.82. The molecule has 1 heterocycles. The number of aryl methyl sites for hydroxylation is 2. The van der Waals surface area contributed by atoms with Crippen molar-refractivity contribution < 1.29 is 4.74 Å². The van der Waals surface area contributed by atoms with Crippen LogP contribution >= 0.6 is 0 Å². The second kappa shape index (κ2) is 5.84. The molecular formula is C17H17N3O. The summed E-state index contributed by atoms with van der Waals surface area (Å²) >= 11 is 0. The predicted molar refractivity (Wildman–Crippen MR) is 81.3 cm³/mol. The standard InChI is InChI=1S/C17H17N3O/c1-21-15-6-2-4-12(8-15)11-19-17-14(10-18)9-13-5-3-7-16(13)20-17/h2,4,6,8-9H,3,5,7,11H2,1H3,(H,19,20). The van der Waals surface area contributed by atoms with Crippen LogP contribution in [0, 0.1) is 11.3 Å². The molecule has 1 aliphatic carbocycles. The third-order valence-electron chi connectivity index (χ3n) is 3.77. The van der Waals surface area contributed by atoms with Crippen LogP contribution in [0.3, 0.4) is 0 Å². The van der Waals surface area contributed by atoms with Crippen LogP contribution in [0.1, 0.15) is 28.8 Å². The summed E-state index contributed by atoms with van der Waals surface area (Å²) in [5.41, 5.74) is 4.07. The van der Waals surface area contributed by atoms with Crippen LogP contribution in [0.5, 0.6) is 5.75 Å². The van der Waals surface area contributed by atoms with Gasteiger partial charge in [-0.25, -0.2) is 4.98 Å². The number of aromatic nitrogens is 1. The van der Waals surface area contributed by atoms with E-state index < -0.39 is 0 Å². The SMILES string of the molecule is COc1cccc(CNc2nc3c(cc2C#N)CCC3)c1. The first-order valence-corrected chi connectivity index (χ1v) is 7.10. The van der Waals surface area contributed by atoms with Gasteiger partial charge in [-0.15, -0.1) is 0 Å². The number of fused-ring (bicyclic) bond motifs is 1. The number of pyridine rings is 1. The lowest BCUT2D eigenvalue weighted by Gasteiger charge is -2.10. The molecule has 21 heavy (non-hydrogen) atoms. The van der Waals surface area contributed by atoms with E-state index in [2.05, 4.69) is 16.4 Å². The van der Waals surface area contributed by atoms with Gasteiger partial charge in [-0.05, 0) is 48.6 Å². The van der Waals surface area contributed by atoms with Crippen LogP contribution in [0.15, 0.2) is 30.3 Å². The first-order chi connectivity index (χ1) is 10.3. The maximum absolute atomic E-state index is 9.28. The van der Waals surface area contributed by atoms with Crippen LogP contribution in [0.2, 0.25) is 0 Å². The summed E-state index contributed by atoms with van der Waals surface area (Å²) in [6.45, 7) is 0.623. The number of anilines is 1. The molecule has 0 spiro atoms. The number of nitrogens with one attached hydrogen (secondary N) is 1.